The zero-order valence-electron chi connectivity index (χ0n) is 19.4. The molecule has 1 aromatic carbocycles. The number of ketones is 2. The van der Waals surface area contributed by atoms with Crippen molar-refractivity contribution in [1.29, 1.82) is 0 Å². The Kier molecular flexibility index (Phi) is 6.53. The average Bonchev–Trinajstić information content (AvgIpc) is 3.21. The summed E-state index contributed by atoms with van der Waals surface area (Å²) in [7, 11) is 0. The molecule has 5 rings (SSSR count). The second kappa shape index (κ2) is 10.1. The standard InChI is InChI=1S/C27H24N4O5/c32-24(18-5-2-10-28-13-18)23-7-1-4-17-12-20(8-9-22(17)25(23)33)31-16-21(36-27(31)35)15-30-26(34)19-6-3-11-29-14-19/h2-3,5-6,8-14,21,23H,1,4,7,15-16H2,(H,30,34)/t21-,23-/m0/s1. The number of fused-ring (bicyclic) bond motifs is 1. The van der Waals surface area contributed by atoms with Gasteiger partial charge in [-0.1, -0.05) is 0 Å². The molecule has 36 heavy (non-hydrogen) atoms. The number of pyridine rings is 2. The average molecular weight is 485 g/mol. The monoisotopic (exact) mass is 484 g/mol. The third kappa shape index (κ3) is 4.72. The van der Waals surface area contributed by atoms with Crippen LogP contribution in [0.3, 0.4) is 0 Å². The molecule has 0 radical (unpaired) electrons. The Bertz CT molecular complexity index is 1310. The smallest absolute Gasteiger partial charge is 0.414 e. The summed E-state index contributed by atoms with van der Waals surface area (Å²) in [6, 6.07) is 11.9. The van der Waals surface area contributed by atoms with Crippen LogP contribution in [0.2, 0.25) is 0 Å². The first-order valence-corrected chi connectivity index (χ1v) is 11.8. The number of nitrogens with one attached hydrogen (secondary N) is 1. The maximum Gasteiger partial charge on any atom is 0.414 e. The number of aromatic nitrogens is 2. The van der Waals surface area contributed by atoms with Gasteiger partial charge in [0.25, 0.3) is 5.91 Å². The lowest BCUT2D eigenvalue weighted by Gasteiger charge is -2.16. The number of cyclic esters (lactones) is 1. The van der Waals surface area contributed by atoms with Crippen molar-refractivity contribution < 1.29 is 23.9 Å². The Labute approximate surface area is 207 Å². The van der Waals surface area contributed by atoms with E-state index >= 15 is 0 Å². The van der Waals surface area contributed by atoms with E-state index in [0.717, 1.165) is 5.56 Å². The predicted molar refractivity (Wildman–Crippen MR) is 130 cm³/mol. The molecule has 9 heteroatoms. The summed E-state index contributed by atoms with van der Waals surface area (Å²) in [6.45, 7) is 0.429. The minimum Gasteiger partial charge on any atom is -0.442 e. The van der Waals surface area contributed by atoms with Crippen LogP contribution in [0.4, 0.5) is 10.5 Å². The number of Topliss-reactive ketones (excluding diaryl/α,β-unsaturated/α-hetero) is 2. The highest BCUT2D eigenvalue weighted by Gasteiger charge is 2.35. The van der Waals surface area contributed by atoms with Crippen LogP contribution in [0.5, 0.6) is 0 Å². The van der Waals surface area contributed by atoms with Crippen molar-refractivity contribution in [2.45, 2.75) is 25.4 Å². The van der Waals surface area contributed by atoms with Crippen molar-refractivity contribution >= 4 is 29.3 Å². The Balaban J connectivity index is 1.27. The van der Waals surface area contributed by atoms with E-state index in [1.165, 1.54) is 17.3 Å². The molecular weight excluding hydrogens is 460 g/mol. The van der Waals surface area contributed by atoms with E-state index < -0.39 is 18.1 Å². The predicted octanol–water partition coefficient (Wildman–Crippen LogP) is 3.25. The van der Waals surface area contributed by atoms with Crippen LogP contribution in [-0.4, -0.2) is 52.7 Å². The molecule has 2 amide bonds. The SMILES string of the molecule is O=C(NC[C@H]1CN(c2ccc3c(c2)CCC[C@@H](C(=O)c2cccnc2)C3=O)C(=O)O1)c1cccnc1. The van der Waals surface area contributed by atoms with E-state index in [0.29, 0.717) is 41.6 Å². The first-order valence-electron chi connectivity index (χ1n) is 11.8. The van der Waals surface area contributed by atoms with E-state index in [1.807, 2.05) is 6.07 Å². The summed E-state index contributed by atoms with van der Waals surface area (Å²) < 4.78 is 5.44. The number of aryl methyl sites for hydroxylation is 1. The van der Waals surface area contributed by atoms with E-state index in [9.17, 15) is 19.2 Å². The molecular formula is C27H24N4O5. The van der Waals surface area contributed by atoms with Crippen LogP contribution in [0.1, 0.15) is 49.5 Å². The highest BCUT2D eigenvalue weighted by Crippen LogP contribution is 2.31. The molecule has 2 atom stereocenters. The van der Waals surface area contributed by atoms with Crippen molar-refractivity contribution in [2.24, 2.45) is 5.92 Å². The van der Waals surface area contributed by atoms with Crippen molar-refractivity contribution in [3.63, 3.8) is 0 Å². The highest BCUT2D eigenvalue weighted by molar-refractivity contribution is 6.16. The molecule has 1 fully saturated rings. The van der Waals surface area contributed by atoms with Crippen LogP contribution in [0.15, 0.2) is 67.3 Å². The number of hydrogen-bond acceptors (Lipinski definition) is 7. The zero-order valence-corrected chi connectivity index (χ0v) is 19.4. The molecule has 1 N–H and O–H groups in total. The van der Waals surface area contributed by atoms with E-state index in [-0.39, 0.29) is 30.6 Å². The number of carbonyl (C=O) groups is 4. The summed E-state index contributed by atoms with van der Waals surface area (Å²) in [4.78, 5) is 60.5. The van der Waals surface area contributed by atoms with Gasteiger partial charge in [-0.05, 0) is 67.3 Å². The van der Waals surface area contributed by atoms with Gasteiger partial charge in [-0.15, -0.1) is 0 Å². The molecule has 0 unspecified atom stereocenters. The Morgan fingerprint density at radius 2 is 1.78 bits per heavy atom. The number of rotatable bonds is 6. The van der Waals surface area contributed by atoms with E-state index in [4.69, 9.17) is 4.74 Å². The first-order chi connectivity index (χ1) is 17.5. The van der Waals surface area contributed by atoms with Crippen LogP contribution in [0.25, 0.3) is 0 Å². The molecule has 2 aliphatic rings. The second-order valence-corrected chi connectivity index (χ2v) is 8.82. The van der Waals surface area contributed by atoms with Gasteiger partial charge in [0.05, 0.1) is 24.6 Å². The fourth-order valence-corrected chi connectivity index (χ4v) is 4.61. The molecule has 0 bridgehead atoms. The van der Waals surface area contributed by atoms with Gasteiger partial charge >= 0.3 is 6.09 Å². The van der Waals surface area contributed by atoms with Crippen molar-refractivity contribution in [3.05, 3.63) is 89.5 Å². The zero-order chi connectivity index (χ0) is 25.1. The minimum atomic E-state index is -0.745. The van der Waals surface area contributed by atoms with Crippen molar-refractivity contribution in [1.82, 2.24) is 15.3 Å². The Morgan fingerprint density at radius 1 is 1.03 bits per heavy atom. The van der Waals surface area contributed by atoms with Gasteiger partial charge in [0.1, 0.15) is 6.10 Å². The lowest BCUT2D eigenvalue weighted by molar-refractivity contribution is 0.0800. The topological polar surface area (TPSA) is 119 Å². The molecule has 0 saturated carbocycles. The number of benzene rings is 1. The molecule has 1 aliphatic carbocycles. The summed E-state index contributed by atoms with van der Waals surface area (Å²) in [5.41, 5.74) is 2.78. The summed E-state index contributed by atoms with van der Waals surface area (Å²) in [5.74, 6) is -1.46. The third-order valence-corrected chi connectivity index (χ3v) is 6.47. The number of carbonyl (C=O) groups excluding carboxylic acids is 4. The van der Waals surface area contributed by atoms with E-state index in [1.54, 1.807) is 48.8 Å². The molecule has 9 nitrogen and oxygen atoms in total. The van der Waals surface area contributed by atoms with Gasteiger partial charge in [0.15, 0.2) is 11.6 Å². The maximum atomic E-state index is 13.3. The highest BCUT2D eigenvalue weighted by atomic mass is 16.6. The molecule has 1 aliphatic heterocycles. The largest absolute Gasteiger partial charge is 0.442 e. The third-order valence-electron chi connectivity index (χ3n) is 6.47. The normalized spacial score (nSPS) is 19.3. The summed E-state index contributed by atoms with van der Waals surface area (Å²) >= 11 is 0. The lowest BCUT2D eigenvalue weighted by atomic mass is 9.88. The minimum absolute atomic E-state index is 0.164. The first kappa shape index (κ1) is 23.3. The van der Waals surface area contributed by atoms with Gasteiger partial charge in [-0.25, -0.2) is 4.79 Å². The number of anilines is 1. The quantitative estimate of drug-likeness (QED) is 0.324. The molecule has 0 spiro atoms. The van der Waals surface area contributed by atoms with Gasteiger partial charge < -0.3 is 10.1 Å². The van der Waals surface area contributed by atoms with Crippen molar-refractivity contribution in [3.8, 4) is 0 Å². The van der Waals surface area contributed by atoms with Crippen LogP contribution in [-0.2, 0) is 11.2 Å². The van der Waals surface area contributed by atoms with Gasteiger partial charge in [0.2, 0.25) is 0 Å². The molecule has 1 saturated heterocycles. The van der Waals surface area contributed by atoms with Gasteiger partial charge in [-0.2, -0.15) is 0 Å². The summed E-state index contributed by atoms with van der Waals surface area (Å²) in [6.07, 6.45) is 6.85. The number of ether oxygens (including phenoxy) is 1. The lowest BCUT2D eigenvalue weighted by Crippen LogP contribution is -2.34. The maximum absolute atomic E-state index is 13.3. The number of hydrogen-bond donors (Lipinski definition) is 1. The van der Waals surface area contributed by atoms with Crippen molar-refractivity contribution in [2.75, 3.05) is 18.0 Å². The molecule has 2 aromatic heterocycles. The molecule has 3 aromatic rings. The van der Waals surface area contributed by atoms with Crippen LogP contribution >= 0.6 is 0 Å². The summed E-state index contributed by atoms with van der Waals surface area (Å²) in [5, 5.41) is 2.76. The Hall–Kier alpha value is -4.40. The fourth-order valence-electron chi connectivity index (χ4n) is 4.61. The van der Waals surface area contributed by atoms with Gasteiger partial charge in [0, 0.05) is 41.6 Å². The molecule has 182 valence electrons. The van der Waals surface area contributed by atoms with Crippen LogP contribution < -0.4 is 10.2 Å². The van der Waals surface area contributed by atoms with E-state index in [2.05, 4.69) is 15.3 Å². The van der Waals surface area contributed by atoms with Crippen LogP contribution in [0, 0.1) is 5.92 Å². The Morgan fingerprint density at radius 3 is 2.50 bits per heavy atom. The second-order valence-electron chi connectivity index (χ2n) is 8.82. The number of amides is 2. The molecule has 3 heterocycles. The fraction of sp³-hybridized carbons (Fsp3) is 0.259. The van der Waals surface area contributed by atoms with Gasteiger partial charge in [-0.3, -0.25) is 29.3 Å². The number of nitrogens with zero attached hydrogens (tertiary/aromatic N) is 3.